The predicted molar refractivity (Wildman–Crippen MR) is 101 cm³/mol. The Hall–Kier alpha value is -2.13. The normalized spacial score (nSPS) is 13.3. The number of carbonyl (C=O) groups excluding carboxylic acids is 1. The Labute approximate surface area is 150 Å². The zero-order valence-corrected chi connectivity index (χ0v) is 15.0. The van der Waals surface area contributed by atoms with Gasteiger partial charge >= 0.3 is 0 Å². The number of carbonyl (C=O) groups is 1. The molecule has 0 N–H and O–H groups in total. The van der Waals surface area contributed by atoms with Crippen molar-refractivity contribution in [3.63, 3.8) is 0 Å². The van der Waals surface area contributed by atoms with Crippen molar-refractivity contribution in [3.8, 4) is 0 Å². The third-order valence-electron chi connectivity index (χ3n) is 4.90. The number of amides is 1. The summed E-state index contributed by atoms with van der Waals surface area (Å²) in [4.78, 5) is 14.8. The van der Waals surface area contributed by atoms with Crippen LogP contribution in [-0.2, 0) is 35.3 Å². The summed E-state index contributed by atoms with van der Waals surface area (Å²) >= 11 is 0. The maximum atomic E-state index is 12.9. The minimum atomic E-state index is 0.164. The van der Waals surface area contributed by atoms with Gasteiger partial charge in [0.2, 0.25) is 5.91 Å². The largest absolute Gasteiger partial charge is 0.383 e. The smallest absolute Gasteiger partial charge is 0.227 e. The van der Waals surface area contributed by atoms with Crippen molar-refractivity contribution in [1.82, 2.24) is 4.90 Å². The topological polar surface area (TPSA) is 29.5 Å². The Bertz CT molecular complexity index is 696. The van der Waals surface area contributed by atoms with Gasteiger partial charge in [0.25, 0.3) is 0 Å². The third-order valence-corrected chi connectivity index (χ3v) is 4.90. The number of benzene rings is 2. The molecule has 0 saturated heterocycles. The number of hydrogen-bond donors (Lipinski definition) is 0. The lowest BCUT2D eigenvalue weighted by Gasteiger charge is -2.23. The molecule has 3 heteroatoms. The summed E-state index contributed by atoms with van der Waals surface area (Å²) in [6, 6.07) is 16.7. The molecule has 3 nitrogen and oxygen atoms in total. The summed E-state index contributed by atoms with van der Waals surface area (Å²) < 4.78 is 5.19. The fourth-order valence-corrected chi connectivity index (χ4v) is 3.48. The SMILES string of the molecule is COCCN(Cc1ccccc1)C(=O)Cc1ccc2c(c1)CCCC2. The second-order valence-electron chi connectivity index (χ2n) is 6.78. The van der Waals surface area contributed by atoms with Gasteiger partial charge < -0.3 is 9.64 Å². The quantitative estimate of drug-likeness (QED) is 0.769. The van der Waals surface area contributed by atoms with E-state index in [0.29, 0.717) is 26.1 Å². The van der Waals surface area contributed by atoms with Gasteiger partial charge in [-0.05, 0) is 47.9 Å². The molecule has 25 heavy (non-hydrogen) atoms. The van der Waals surface area contributed by atoms with Crippen LogP contribution in [0.3, 0.4) is 0 Å². The minimum absolute atomic E-state index is 0.164. The number of nitrogens with zero attached hydrogens (tertiary/aromatic N) is 1. The van der Waals surface area contributed by atoms with E-state index in [1.54, 1.807) is 7.11 Å². The highest BCUT2D eigenvalue weighted by Crippen LogP contribution is 2.22. The van der Waals surface area contributed by atoms with E-state index in [4.69, 9.17) is 4.74 Å². The van der Waals surface area contributed by atoms with Gasteiger partial charge in [0, 0.05) is 20.2 Å². The van der Waals surface area contributed by atoms with Crippen LogP contribution in [-0.4, -0.2) is 31.1 Å². The van der Waals surface area contributed by atoms with Crippen molar-refractivity contribution in [3.05, 3.63) is 70.8 Å². The Morgan fingerprint density at radius 3 is 2.52 bits per heavy atom. The maximum absolute atomic E-state index is 12.9. The number of fused-ring (bicyclic) bond motifs is 1. The lowest BCUT2D eigenvalue weighted by molar-refractivity contribution is -0.131. The van der Waals surface area contributed by atoms with Gasteiger partial charge in [0.15, 0.2) is 0 Å². The summed E-state index contributed by atoms with van der Waals surface area (Å²) in [6.45, 7) is 1.81. The van der Waals surface area contributed by atoms with Crippen molar-refractivity contribution < 1.29 is 9.53 Å². The number of ether oxygens (including phenoxy) is 1. The first kappa shape index (κ1) is 17.7. The van der Waals surface area contributed by atoms with Crippen LogP contribution >= 0.6 is 0 Å². The molecule has 0 unspecified atom stereocenters. The molecule has 0 bridgehead atoms. The van der Waals surface area contributed by atoms with Gasteiger partial charge in [-0.15, -0.1) is 0 Å². The molecular formula is C22H27NO2. The average Bonchev–Trinajstić information content (AvgIpc) is 2.65. The highest BCUT2D eigenvalue weighted by Gasteiger charge is 2.16. The lowest BCUT2D eigenvalue weighted by Crippen LogP contribution is -2.34. The Morgan fingerprint density at radius 2 is 1.76 bits per heavy atom. The zero-order valence-electron chi connectivity index (χ0n) is 15.0. The van der Waals surface area contributed by atoms with Crippen LogP contribution < -0.4 is 0 Å². The Balaban J connectivity index is 1.69. The number of methoxy groups -OCH3 is 1. The van der Waals surface area contributed by atoms with E-state index in [1.807, 2.05) is 23.1 Å². The van der Waals surface area contributed by atoms with Crippen LogP contribution in [0.1, 0.15) is 35.1 Å². The van der Waals surface area contributed by atoms with Crippen LogP contribution in [0, 0.1) is 0 Å². The van der Waals surface area contributed by atoms with Crippen molar-refractivity contribution in [2.24, 2.45) is 0 Å². The van der Waals surface area contributed by atoms with Gasteiger partial charge in [-0.1, -0.05) is 48.5 Å². The molecular weight excluding hydrogens is 310 g/mol. The molecule has 2 aromatic carbocycles. The summed E-state index contributed by atoms with van der Waals surface area (Å²) in [7, 11) is 1.68. The highest BCUT2D eigenvalue weighted by molar-refractivity contribution is 5.79. The maximum Gasteiger partial charge on any atom is 0.227 e. The second kappa shape index (κ2) is 8.82. The van der Waals surface area contributed by atoms with Crippen molar-refractivity contribution in [1.29, 1.82) is 0 Å². The monoisotopic (exact) mass is 337 g/mol. The predicted octanol–water partition coefficient (Wildman–Crippen LogP) is 3.78. The molecule has 0 aliphatic heterocycles. The molecule has 0 atom stereocenters. The molecule has 1 aliphatic rings. The Morgan fingerprint density at radius 1 is 1.00 bits per heavy atom. The van der Waals surface area contributed by atoms with E-state index in [1.165, 1.54) is 30.4 Å². The van der Waals surface area contributed by atoms with Crippen LogP contribution in [0.4, 0.5) is 0 Å². The molecule has 1 amide bonds. The number of aryl methyl sites for hydroxylation is 2. The molecule has 0 aromatic heterocycles. The number of hydrogen-bond acceptors (Lipinski definition) is 2. The van der Waals surface area contributed by atoms with E-state index in [-0.39, 0.29) is 5.91 Å². The summed E-state index contributed by atoms with van der Waals surface area (Å²) in [6.07, 6.45) is 5.33. The Kier molecular flexibility index (Phi) is 6.24. The summed E-state index contributed by atoms with van der Waals surface area (Å²) in [5.41, 5.74) is 5.17. The van der Waals surface area contributed by atoms with Crippen LogP contribution in [0.15, 0.2) is 48.5 Å². The van der Waals surface area contributed by atoms with Gasteiger partial charge in [0.1, 0.15) is 0 Å². The summed E-state index contributed by atoms with van der Waals surface area (Å²) in [5.74, 6) is 0.164. The summed E-state index contributed by atoms with van der Waals surface area (Å²) in [5, 5.41) is 0. The zero-order chi connectivity index (χ0) is 17.5. The highest BCUT2D eigenvalue weighted by atomic mass is 16.5. The standard InChI is InChI=1S/C22H27NO2/c1-25-14-13-23(17-18-7-3-2-4-8-18)22(24)16-19-11-12-20-9-5-6-10-21(20)15-19/h2-4,7-8,11-12,15H,5-6,9-10,13-14,16-17H2,1H3. The molecule has 0 saturated carbocycles. The number of rotatable bonds is 7. The molecule has 132 valence electrons. The van der Waals surface area contributed by atoms with Crippen LogP contribution in [0.2, 0.25) is 0 Å². The van der Waals surface area contributed by atoms with Crippen LogP contribution in [0.5, 0.6) is 0 Å². The van der Waals surface area contributed by atoms with Gasteiger partial charge in [-0.3, -0.25) is 4.79 Å². The average molecular weight is 337 g/mol. The van der Waals surface area contributed by atoms with Gasteiger partial charge in [-0.2, -0.15) is 0 Å². The van der Waals surface area contributed by atoms with Crippen molar-refractivity contribution in [2.75, 3.05) is 20.3 Å². The molecule has 0 heterocycles. The van der Waals surface area contributed by atoms with E-state index in [0.717, 1.165) is 17.5 Å². The molecule has 0 spiro atoms. The van der Waals surface area contributed by atoms with Crippen LogP contribution in [0.25, 0.3) is 0 Å². The van der Waals surface area contributed by atoms with Crippen molar-refractivity contribution in [2.45, 2.75) is 38.6 Å². The molecule has 1 aliphatic carbocycles. The fraction of sp³-hybridized carbons (Fsp3) is 0.409. The molecule has 2 aromatic rings. The van der Waals surface area contributed by atoms with Crippen molar-refractivity contribution >= 4 is 5.91 Å². The van der Waals surface area contributed by atoms with E-state index < -0.39 is 0 Å². The first-order chi connectivity index (χ1) is 12.3. The molecule has 0 fully saturated rings. The van der Waals surface area contributed by atoms with E-state index in [2.05, 4.69) is 30.3 Å². The second-order valence-corrected chi connectivity index (χ2v) is 6.78. The third kappa shape index (κ3) is 4.93. The minimum Gasteiger partial charge on any atom is -0.383 e. The first-order valence-corrected chi connectivity index (χ1v) is 9.17. The first-order valence-electron chi connectivity index (χ1n) is 9.17. The van der Waals surface area contributed by atoms with Gasteiger partial charge in [-0.25, -0.2) is 0 Å². The fourth-order valence-electron chi connectivity index (χ4n) is 3.48. The molecule has 0 radical (unpaired) electrons. The van der Waals surface area contributed by atoms with E-state index in [9.17, 15) is 4.79 Å². The van der Waals surface area contributed by atoms with Gasteiger partial charge in [0.05, 0.1) is 13.0 Å². The molecule has 3 rings (SSSR count). The lowest BCUT2D eigenvalue weighted by atomic mass is 9.90. The van der Waals surface area contributed by atoms with E-state index >= 15 is 0 Å².